The van der Waals surface area contributed by atoms with E-state index in [0.717, 1.165) is 12.8 Å². The molecule has 2 rings (SSSR count). The van der Waals surface area contributed by atoms with Crippen molar-refractivity contribution in [3.05, 3.63) is 12.7 Å². The van der Waals surface area contributed by atoms with Crippen molar-refractivity contribution < 1.29 is 5.11 Å². The Hall–Kier alpha value is -1.69. The lowest BCUT2D eigenvalue weighted by Crippen LogP contribution is -2.15. The fourth-order valence-corrected chi connectivity index (χ4v) is 2.33. The Bertz CT molecular complexity index is 539. The van der Waals surface area contributed by atoms with Gasteiger partial charge in [-0.05, 0) is 6.42 Å². The van der Waals surface area contributed by atoms with Crippen LogP contribution >= 0.6 is 0 Å². The summed E-state index contributed by atoms with van der Waals surface area (Å²) in [6.45, 7) is 2.70. The molecule has 0 radical (unpaired) electrons. The van der Waals surface area contributed by atoms with E-state index >= 15 is 0 Å². The third-order valence-electron chi connectivity index (χ3n) is 3.48. The zero-order chi connectivity index (χ0) is 14.4. The number of aliphatic hydroxyl groups excluding tert-OH is 1. The zero-order valence-electron chi connectivity index (χ0n) is 12.0. The summed E-state index contributed by atoms with van der Waals surface area (Å²) in [5.74, 6) is 0.378. The molecule has 0 bridgehead atoms. The Morgan fingerprint density at radius 3 is 2.80 bits per heavy atom. The number of hydrogen-bond donors (Lipinski definition) is 2. The van der Waals surface area contributed by atoms with Gasteiger partial charge in [-0.1, -0.05) is 39.0 Å². The van der Waals surface area contributed by atoms with Crippen LogP contribution in [0.3, 0.4) is 0 Å². The minimum Gasteiger partial charge on any atom is -0.391 e. The molecule has 1 atom stereocenters. The number of hydrogen-bond acceptors (Lipinski definition) is 5. The molecule has 2 aromatic rings. The van der Waals surface area contributed by atoms with Crippen molar-refractivity contribution >= 4 is 17.0 Å². The molecule has 0 saturated heterocycles. The van der Waals surface area contributed by atoms with Gasteiger partial charge in [0.2, 0.25) is 0 Å². The van der Waals surface area contributed by atoms with Crippen LogP contribution < -0.4 is 5.73 Å². The lowest BCUT2D eigenvalue weighted by molar-refractivity contribution is 0.142. The first-order chi connectivity index (χ1) is 9.72. The average Bonchev–Trinajstić information content (AvgIpc) is 2.83. The smallest absolute Gasteiger partial charge is 0.165 e. The van der Waals surface area contributed by atoms with E-state index in [9.17, 15) is 5.11 Å². The highest BCUT2D eigenvalue weighted by Crippen LogP contribution is 2.15. The minimum absolute atomic E-state index is 0.370. The average molecular weight is 277 g/mol. The summed E-state index contributed by atoms with van der Waals surface area (Å²) in [6, 6.07) is 0. The molecule has 0 spiro atoms. The fraction of sp³-hybridized carbons (Fsp3) is 0.643. The van der Waals surface area contributed by atoms with Crippen LogP contribution in [0.15, 0.2) is 12.7 Å². The van der Waals surface area contributed by atoms with Gasteiger partial charge in [-0.3, -0.25) is 0 Å². The Morgan fingerprint density at radius 1 is 1.20 bits per heavy atom. The Kier molecular flexibility index (Phi) is 5.29. The van der Waals surface area contributed by atoms with Crippen LogP contribution in [0.4, 0.5) is 5.82 Å². The molecule has 20 heavy (non-hydrogen) atoms. The topological polar surface area (TPSA) is 89.8 Å². The van der Waals surface area contributed by atoms with Gasteiger partial charge in [0.15, 0.2) is 11.5 Å². The van der Waals surface area contributed by atoms with Crippen LogP contribution in [0.1, 0.15) is 45.4 Å². The van der Waals surface area contributed by atoms with Crippen molar-refractivity contribution in [2.24, 2.45) is 0 Å². The number of unbranched alkanes of at least 4 members (excludes halogenated alkanes) is 4. The molecule has 6 heteroatoms. The Labute approximate surface area is 119 Å². The van der Waals surface area contributed by atoms with E-state index in [1.54, 1.807) is 6.33 Å². The largest absolute Gasteiger partial charge is 0.391 e. The first kappa shape index (κ1) is 14.7. The van der Waals surface area contributed by atoms with Crippen LogP contribution in [0.5, 0.6) is 0 Å². The summed E-state index contributed by atoms with van der Waals surface area (Å²) in [4.78, 5) is 12.3. The van der Waals surface area contributed by atoms with Gasteiger partial charge in [-0.2, -0.15) is 0 Å². The second-order valence-electron chi connectivity index (χ2n) is 5.18. The molecule has 6 nitrogen and oxygen atoms in total. The van der Waals surface area contributed by atoms with Gasteiger partial charge in [0.25, 0.3) is 0 Å². The molecule has 0 aliphatic rings. The number of imidazole rings is 1. The van der Waals surface area contributed by atoms with Crippen molar-refractivity contribution in [3.63, 3.8) is 0 Å². The predicted octanol–water partition coefficient (Wildman–Crippen LogP) is 2.13. The van der Waals surface area contributed by atoms with Gasteiger partial charge in [-0.15, -0.1) is 0 Å². The highest BCUT2D eigenvalue weighted by atomic mass is 16.3. The fourth-order valence-electron chi connectivity index (χ4n) is 2.33. The number of aromatic nitrogens is 4. The first-order valence-electron chi connectivity index (χ1n) is 7.31. The van der Waals surface area contributed by atoms with Gasteiger partial charge in [0.05, 0.1) is 19.0 Å². The highest BCUT2D eigenvalue weighted by molar-refractivity contribution is 5.81. The molecular formula is C14H23N5O. The van der Waals surface area contributed by atoms with Crippen LogP contribution in [-0.4, -0.2) is 30.7 Å². The second-order valence-corrected chi connectivity index (χ2v) is 5.18. The van der Waals surface area contributed by atoms with Gasteiger partial charge in [0, 0.05) is 0 Å². The van der Waals surface area contributed by atoms with Crippen molar-refractivity contribution in [2.45, 2.75) is 58.1 Å². The van der Waals surface area contributed by atoms with Gasteiger partial charge >= 0.3 is 0 Å². The third kappa shape index (κ3) is 3.66. The van der Waals surface area contributed by atoms with Crippen molar-refractivity contribution in [1.29, 1.82) is 0 Å². The summed E-state index contributed by atoms with van der Waals surface area (Å²) >= 11 is 0. The lowest BCUT2D eigenvalue weighted by atomic mass is 10.1. The van der Waals surface area contributed by atoms with Gasteiger partial charge in [-0.25, -0.2) is 15.0 Å². The van der Waals surface area contributed by atoms with E-state index in [2.05, 4.69) is 21.9 Å². The number of anilines is 1. The molecule has 0 fully saturated rings. The number of rotatable bonds is 8. The highest BCUT2D eigenvalue weighted by Gasteiger charge is 2.11. The van der Waals surface area contributed by atoms with Crippen LogP contribution in [0.25, 0.3) is 11.2 Å². The third-order valence-corrected chi connectivity index (χ3v) is 3.48. The van der Waals surface area contributed by atoms with E-state index in [-0.39, 0.29) is 6.10 Å². The minimum atomic E-state index is -0.370. The summed E-state index contributed by atoms with van der Waals surface area (Å²) in [5.41, 5.74) is 7.02. The molecule has 2 heterocycles. The Balaban J connectivity index is 1.87. The van der Waals surface area contributed by atoms with E-state index < -0.39 is 0 Å². The van der Waals surface area contributed by atoms with E-state index in [1.807, 2.05) is 4.57 Å². The maximum Gasteiger partial charge on any atom is 0.165 e. The molecule has 2 aromatic heterocycles. The van der Waals surface area contributed by atoms with Crippen molar-refractivity contribution in [2.75, 3.05) is 5.73 Å². The molecule has 0 aliphatic heterocycles. The summed E-state index contributed by atoms with van der Waals surface area (Å²) in [5, 5.41) is 10.1. The van der Waals surface area contributed by atoms with Gasteiger partial charge < -0.3 is 15.4 Å². The Morgan fingerprint density at radius 2 is 2.00 bits per heavy atom. The van der Waals surface area contributed by atoms with E-state index in [4.69, 9.17) is 5.73 Å². The summed E-state index contributed by atoms with van der Waals surface area (Å²) in [7, 11) is 0. The predicted molar refractivity (Wildman–Crippen MR) is 79.1 cm³/mol. The maximum atomic E-state index is 10.1. The van der Waals surface area contributed by atoms with Crippen molar-refractivity contribution in [1.82, 2.24) is 19.5 Å². The van der Waals surface area contributed by atoms with Crippen molar-refractivity contribution in [3.8, 4) is 0 Å². The molecule has 0 aromatic carbocycles. The SMILES string of the molecule is CCCCCCCC(O)Cn1cnc2c(N)ncnc21. The quantitative estimate of drug-likeness (QED) is 0.721. The van der Waals surface area contributed by atoms with Crippen LogP contribution in [-0.2, 0) is 6.54 Å². The van der Waals surface area contributed by atoms with E-state index in [0.29, 0.717) is 23.5 Å². The molecule has 0 amide bonds. The molecular weight excluding hydrogens is 254 g/mol. The summed E-state index contributed by atoms with van der Waals surface area (Å²) < 4.78 is 1.84. The number of nitrogens with zero attached hydrogens (tertiary/aromatic N) is 4. The first-order valence-corrected chi connectivity index (χ1v) is 7.31. The number of nitrogens with two attached hydrogens (primary N) is 1. The number of aliphatic hydroxyl groups is 1. The van der Waals surface area contributed by atoms with E-state index in [1.165, 1.54) is 32.0 Å². The molecule has 3 N–H and O–H groups in total. The summed E-state index contributed by atoms with van der Waals surface area (Å²) in [6.07, 6.45) is 9.54. The molecule has 0 saturated carbocycles. The van der Waals surface area contributed by atoms with Gasteiger partial charge in [0.1, 0.15) is 11.8 Å². The monoisotopic (exact) mass is 277 g/mol. The number of nitrogen functional groups attached to an aromatic ring is 1. The lowest BCUT2D eigenvalue weighted by Gasteiger charge is -2.11. The number of fused-ring (bicyclic) bond motifs is 1. The molecule has 1 unspecified atom stereocenters. The standard InChI is InChI=1S/C14H23N5O/c1-2-3-4-5-6-7-11(20)8-19-10-18-12-13(15)16-9-17-14(12)19/h9-11,20H,2-8H2,1H3,(H2,15,16,17). The van der Waals surface area contributed by atoms with Crippen LogP contribution in [0.2, 0.25) is 0 Å². The second kappa shape index (κ2) is 7.19. The normalized spacial score (nSPS) is 12.9. The maximum absolute atomic E-state index is 10.1. The zero-order valence-corrected chi connectivity index (χ0v) is 12.0. The molecule has 0 aliphatic carbocycles. The van der Waals surface area contributed by atoms with Crippen LogP contribution in [0, 0.1) is 0 Å². The molecule has 110 valence electrons.